The Balaban J connectivity index is 1.71. The van der Waals surface area contributed by atoms with Crippen molar-refractivity contribution in [2.75, 3.05) is 13.2 Å². The van der Waals surface area contributed by atoms with E-state index in [1.54, 1.807) is 0 Å². The van der Waals surface area contributed by atoms with E-state index in [1.807, 2.05) is 18.2 Å². The van der Waals surface area contributed by atoms with E-state index in [1.165, 1.54) is 6.07 Å². The van der Waals surface area contributed by atoms with Gasteiger partial charge in [0.15, 0.2) is 11.2 Å². The lowest BCUT2D eigenvalue weighted by molar-refractivity contribution is -0.330. The van der Waals surface area contributed by atoms with E-state index in [2.05, 4.69) is 0 Å². The Kier molecular flexibility index (Phi) is 4.38. The van der Waals surface area contributed by atoms with Crippen molar-refractivity contribution in [2.24, 2.45) is 16.7 Å². The van der Waals surface area contributed by atoms with Crippen molar-refractivity contribution in [2.45, 2.75) is 43.1 Å². The van der Waals surface area contributed by atoms with Gasteiger partial charge in [-0.1, -0.05) is 12.1 Å². The van der Waals surface area contributed by atoms with E-state index in [0.29, 0.717) is 19.6 Å². The molecule has 4 fully saturated rings. The molecule has 4 unspecified atom stereocenters. The quantitative estimate of drug-likeness (QED) is 0.680. The van der Waals surface area contributed by atoms with Crippen LogP contribution < -0.4 is 0 Å². The van der Waals surface area contributed by atoms with E-state index >= 15 is 0 Å². The summed E-state index contributed by atoms with van der Waals surface area (Å²) < 4.78 is 63.7. The topological polar surface area (TPSA) is 132 Å². The molecular formula is C22H17F3N4O4. The number of nitrogens with zero attached hydrogens (tertiary/aromatic N) is 3. The van der Waals surface area contributed by atoms with Gasteiger partial charge in [0.25, 0.3) is 0 Å². The fourth-order valence-corrected chi connectivity index (χ4v) is 5.73. The van der Waals surface area contributed by atoms with Crippen molar-refractivity contribution in [3.05, 3.63) is 35.4 Å². The minimum atomic E-state index is -4.67. The fourth-order valence-electron chi connectivity index (χ4n) is 5.73. The van der Waals surface area contributed by atoms with Crippen LogP contribution in [0.4, 0.5) is 13.2 Å². The lowest BCUT2D eigenvalue weighted by atomic mass is 9.51. The summed E-state index contributed by atoms with van der Waals surface area (Å²) in [6.45, 7) is 0.653. The normalized spacial score (nSPS) is 35.7. The molecule has 1 saturated carbocycles. The van der Waals surface area contributed by atoms with Crippen molar-refractivity contribution < 1.29 is 32.1 Å². The first-order chi connectivity index (χ1) is 15.6. The van der Waals surface area contributed by atoms with Crippen LogP contribution in [-0.2, 0) is 25.1 Å². The molecule has 0 amide bonds. The number of ether oxygens (including phenoxy) is 4. The van der Waals surface area contributed by atoms with E-state index in [0.717, 1.165) is 18.2 Å². The molecule has 3 saturated heterocycles. The number of nitrogens with one attached hydrogen (secondary N) is 1. The third kappa shape index (κ3) is 2.57. The number of benzene rings is 1. The zero-order valence-corrected chi connectivity index (χ0v) is 17.1. The summed E-state index contributed by atoms with van der Waals surface area (Å²) in [5, 5.41) is 39.4. The minimum absolute atomic E-state index is 0.0311. The molecular weight excluding hydrogens is 441 g/mol. The number of nitriles is 3. The first kappa shape index (κ1) is 21.7. The van der Waals surface area contributed by atoms with Crippen LogP contribution in [0.25, 0.3) is 0 Å². The molecule has 3 aliphatic heterocycles. The largest absolute Gasteiger partial charge is 0.447 e. The van der Waals surface area contributed by atoms with Crippen molar-refractivity contribution >= 4 is 5.90 Å². The lowest BCUT2D eigenvalue weighted by Gasteiger charge is -2.54. The second-order valence-corrected chi connectivity index (χ2v) is 8.68. The van der Waals surface area contributed by atoms with Gasteiger partial charge in [-0.15, -0.1) is 0 Å². The van der Waals surface area contributed by atoms with Gasteiger partial charge >= 0.3 is 6.18 Å². The highest BCUT2D eigenvalue weighted by Gasteiger charge is 2.82. The van der Waals surface area contributed by atoms with Crippen molar-refractivity contribution in [1.82, 2.24) is 0 Å². The standard InChI is InChI=1S/C22H17F3N4O4/c23-22(24,25)14-3-1-2-13(8-14)16-18(10-26,11-27)20(12-28)15-9-19(30-6-7-31-19)4-5-21(15,32-16)33-17(20)29/h1-3,8,15-16,29H,4-7,9H2. The molecule has 1 aromatic rings. The monoisotopic (exact) mass is 458 g/mol. The number of hydrogen-bond acceptors (Lipinski definition) is 8. The molecule has 8 nitrogen and oxygen atoms in total. The Labute approximate surface area is 186 Å². The van der Waals surface area contributed by atoms with Crippen LogP contribution in [0, 0.1) is 56.2 Å². The summed E-state index contributed by atoms with van der Waals surface area (Å²) in [5.74, 6) is -4.23. The van der Waals surface area contributed by atoms with Gasteiger partial charge < -0.3 is 18.9 Å². The van der Waals surface area contributed by atoms with Crippen molar-refractivity contribution in [3.63, 3.8) is 0 Å². The molecule has 4 atom stereocenters. The summed E-state index contributed by atoms with van der Waals surface area (Å²) >= 11 is 0. The van der Waals surface area contributed by atoms with Gasteiger partial charge in [-0.25, -0.2) is 0 Å². The zero-order valence-electron chi connectivity index (χ0n) is 17.1. The SMILES string of the molecule is N#CC1(C#N)C(c2cccc(C(F)(F)F)c2)OC23CCC4(CC2C1(C#N)C(=N)O3)OCCO4. The average Bonchev–Trinajstić information content (AvgIpc) is 3.33. The molecule has 1 N–H and O–H groups in total. The van der Waals surface area contributed by atoms with Crippen LogP contribution in [0.15, 0.2) is 24.3 Å². The third-order valence-corrected chi connectivity index (χ3v) is 7.25. The zero-order chi connectivity index (χ0) is 23.7. The maximum Gasteiger partial charge on any atom is 0.416 e. The van der Waals surface area contributed by atoms with Gasteiger partial charge in [-0.05, 0) is 17.7 Å². The van der Waals surface area contributed by atoms with E-state index in [-0.39, 0.29) is 18.4 Å². The van der Waals surface area contributed by atoms with Gasteiger partial charge in [0.05, 0.1) is 42.9 Å². The van der Waals surface area contributed by atoms with E-state index in [9.17, 15) is 29.0 Å². The highest BCUT2D eigenvalue weighted by Crippen LogP contribution is 2.70. The van der Waals surface area contributed by atoms with Gasteiger partial charge in [0, 0.05) is 19.3 Å². The molecule has 1 aromatic carbocycles. The summed E-state index contributed by atoms with van der Waals surface area (Å²) in [5.41, 5.74) is -5.55. The molecule has 1 aliphatic carbocycles. The summed E-state index contributed by atoms with van der Waals surface area (Å²) in [6.07, 6.45) is -5.81. The van der Waals surface area contributed by atoms with Crippen LogP contribution >= 0.6 is 0 Å². The fraction of sp³-hybridized carbons (Fsp3) is 0.545. The Hall–Kier alpha value is -3.17. The maximum absolute atomic E-state index is 13.4. The van der Waals surface area contributed by atoms with Crippen LogP contribution in [-0.4, -0.2) is 30.7 Å². The number of alkyl halides is 3. The second kappa shape index (κ2) is 6.68. The van der Waals surface area contributed by atoms with Gasteiger partial charge in [-0.3, -0.25) is 5.41 Å². The molecule has 170 valence electrons. The molecule has 3 heterocycles. The second-order valence-electron chi connectivity index (χ2n) is 8.68. The number of halogens is 3. The summed E-state index contributed by atoms with van der Waals surface area (Å²) in [7, 11) is 0. The molecule has 2 bridgehead atoms. The Morgan fingerprint density at radius 2 is 1.73 bits per heavy atom. The average molecular weight is 458 g/mol. The van der Waals surface area contributed by atoms with Crippen molar-refractivity contribution in [3.8, 4) is 18.2 Å². The van der Waals surface area contributed by atoms with Gasteiger partial charge in [-0.2, -0.15) is 29.0 Å². The highest BCUT2D eigenvalue weighted by molar-refractivity contribution is 5.89. The minimum Gasteiger partial charge on any atom is -0.447 e. The lowest BCUT2D eigenvalue weighted by Crippen LogP contribution is -2.63. The first-order valence-corrected chi connectivity index (χ1v) is 10.3. The first-order valence-electron chi connectivity index (χ1n) is 10.3. The maximum atomic E-state index is 13.4. The Morgan fingerprint density at radius 1 is 1.03 bits per heavy atom. The smallest absolute Gasteiger partial charge is 0.416 e. The number of hydrogen-bond donors (Lipinski definition) is 1. The van der Waals surface area contributed by atoms with E-state index < -0.39 is 52.1 Å². The predicted octanol–water partition coefficient (Wildman–Crippen LogP) is 3.57. The molecule has 11 heteroatoms. The van der Waals surface area contributed by atoms with Crippen LogP contribution in [0.1, 0.15) is 36.5 Å². The van der Waals surface area contributed by atoms with Crippen LogP contribution in [0.3, 0.4) is 0 Å². The van der Waals surface area contributed by atoms with Gasteiger partial charge in [0.2, 0.25) is 17.1 Å². The van der Waals surface area contributed by atoms with Gasteiger partial charge in [0.1, 0.15) is 6.10 Å². The summed E-state index contributed by atoms with van der Waals surface area (Å²) in [4.78, 5) is 0. The third-order valence-electron chi connectivity index (χ3n) is 7.25. The molecule has 5 rings (SSSR count). The molecule has 33 heavy (non-hydrogen) atoms. The molecule has 0 radical (unpaired) electrons. The molecule has 1 spiro atoms. The highest BCUT2D eigenvalue weighted by atomic mass is 19.4. The Bertz CT molecular complexity index is 1150. The van der Waals surface area contributed by atoms with Crippen LogP contribution in [0.2, 0.25) is 0 Å². The molecule has 4 aliphatic rings. The Morgan fingerprint density at radius 3 is 2.33 bits per heavy atom. The van der Waals surface area contributed by atoms with E-state index in [4.69, 9.17) is 24.4 Å². The van der Waals surface area contributed by atoms with Crippen LogP contribution in [0.5, 0.6) is 0 Å². The van der Waals surface area contributed by atoms with Crippen molar-refractivity contribution in [1.29, 1.82) is 21.2 Å². The predicted molar refractivity (Wildman–Crippen MR) is 100 cm³/mol. The molecule has 0 aromatic heterocycles. The number of rotatable bonds is 1. The summed E-state index contributed by atoms with van der Waals surface area (Å²) in [6, 6.07) is 9.78.